The van der Waals surface area contributed by atoms with Crippen molar-refractivity contribution in [1.82, 2.24) is 9.78 Å². The molecule has 4 heteroatoms. The van der Waals surface area contributed by atoms with E-state index in [0.29, 0.717) is 11.8 Å². The fourth-order valence-corrected chi connectivity index (χ4v) is 3.64. The second kappa shape index (κ2) is 7.46. The average molecular weight is 370 g/mol. The zero-order valence-electron chi connectivity index (χ0n) is 12.9. The predicted molar refractivity (Wildman–Crippen MR) is 93.3 cm³/mol. The Kier molecular flexibility index (Phi) is 5.88. The van der Waals surface area contributed by atoms with E-state index in [-0.39, 0.29) is 0 Å². The molecule has 0 saturated heterocycles. The molecule has 114 valence electrons. The first-order valence-corrected chi connectivity index (χ1v) is 8.80. The van der Waals surface area contributed by atoms with Gasteiger partial charge in [0.15, 0.2) is 0 Å². The van der Waals surface area contributed by atoms with Crippen molar-refractivity contribution < 1.29 is 0 Å². The Labute approximate surface area is 140 Å². The molecule has 0 radical (unpaired) electrons. The van der Waals surface area contributed by atoms with Crippen LogP contribution in [-0.2, 0) is 19.4 Å². The third kappa shape index (κ3) is 3.70. The van der Waals surface area contributed by atoms with Crippen molar-refractivity contribution in [1.29, 1.82) is 0 Å². The number of rotatable bonds is 6. The minimum atomic E-state index is 0.314. The fraction of sp³-hybridized carbons (Fsp3) is 0.471. The number of aryl methyl sites for hydroxylation is 3. The van der Waals surface area contributed by atoms with Crippen LogP contribution in [0.25, 0.3) is 0 Å². The zero-order valence-corrected chi connectivity index (χ0v) is 15.2. The van der Waals surface area contributed by atoms with E-state index < -0.39 is 0 Å². The summed E-state index contributed by atoms with van der Waals surface area (Å²) in [5, 5.41) is 4.67. The highest BCUT2D eigenvalue weighted by molar-refractivity contribution is 9.10. The van der Waals surface area contributed by atoms with Gasteiger partial charge < -0.3 is 0 Å². The summed E-state index contributed by atoms with van der Waals surface area (Å²) in [6, 6.07) is 8.62. The summed E-state index contributed by atoms with van der Waals surface area (Å²) in [6.07, 6.45) is 1.85. The Hall–Kier alpha value is -0.800. The minimum Gasteiger partial charge on any atom is -0.268 e. The van der Waals surface area contributed by atoms with Gasteiger partial charge >= 0.3 is 0 Å². The minimum absolute atomic E-state index is 0.314. The molecule has 0 saturated carbocycles. The molecule has 1 heterocycles. The van der Waals surface area contributed by atoms with Crippen LogP contribution in [0.2, 0.25) is 0 Å². The number of benzene rings is 1. The first kappa shape index (κ1) is 16.6. The van der Waals surface area contributed by atoms with E-state index in [1.165, 1.54) is 16.8 Å². The van der Waals surface area contributed by atoms with Gasteiger partial charge in [0.1, 0.15) is 0 Å². The molecule has 0 aliphatic heterocycles. The van der Waals surface area contributed by atoms with Crippen LogP contribution in [-0.4, -0.2) is 15.7 Å². The molecule has 2 rings (SSSR count). The Morgan fingerprint density at radius 1 is 1.33 bits per heavy atom. The van der Waals surface area contributed by atoms with E-state index in [1.807, 2.05) is 0 Å². The van der Waals surface area contributed by atoms with E-state index in [2.05, 4.69) is 70.7 Å². The molecular weight excluding hydrogens is 348 g/mol. The monoisotopic (exact) mass is 368 g/mol. The number of alkyl halides is 1. The third-order valence-corrected chi connectivity index (χ3v) is 5.12. The van der Waals surface area contributed by atoms with E-state index in [9.17, 15) is 0 Å². The number of hydrogen-bond acceptors (Lipinski definition) is 1. The summed E-state index contributed by atoms with van der Waals surface area (Å²) in [7, 11) is 0. The highest BCUT2D eigenvalue weighted by atomic mass is 79.9. The van der Waals surface area contributed by atoms with Crippen LogP contribution >= 0.6 is 27.5 Å². The first-order valence-electron chi connectivity index (χ1n) is 7.47. The van der Waals surface area contributed by atoms with Crippen molar-refractivity contribution in [2.24, 2.45) is 0 Å². The van der Waals surface area contributed by atoms with Crippen molar-refractivity contribution in [2.75, 3.05) is 5.88 Å². The van der Waals surface area contributed by atoms with Crippen molar-refractivity contribution in [3.05, 3.63) is 51.3 Å². The summed E-state index contributed by atoms with van der Waals surface area (Å²) < 4.78 is 3.24. The van der Waals surface area contributed by atoms with E-state index >= 15 is 0 Å². The van der Waals surface area contributed by atoms with E-state index in [4.69, 9.17) is 11.6 Å². The van der Waals surface area contributed by atoms with Gasteiger partial charge in [0.2, 0.25) is 0 Å². The second-order valence-corrected chi connectivity index (χ2v) is 6.45. The lowest BCUT2D eigenvalue weighted by atomic mass is 9.94. The van der Waals surface area contributed by atoms with Crippen LogP contribution in [0.1, 0.15) is 42.3 Å². The van der Waals surface area contributed by atoms with E-state index in [0.717, 1.165) is 29.6 Å². The molecule has 0 aliphatic rings. The molecule has 0 spiro atoms. The lowest BCUT2D eigenvalue weighted by Crippen LogP contribution is -2.10. The van der Waals surface area contributed by atoms with Crippen LogP contribution in [0, 0.1) is 6.92 Å². The molecule has 0 fully saturated rings. The quantitative estimate of drug-likeness (QED) is 0.648. The summed E-state index contributed by atoms with van der Waals surface area (Å²) in [4.78, 5) is 0. The SMILES string of the molecule is CCc1nn(CC)c(CC(CCl)c2cccc(C)c2)c1Br. The van der Waals surface area contributed by atoms with Crippen molar-refractivity contribution in [2.45, 2.75) is 46.1 Å². The predicted octanol–water partition coefficient (Wildman–Crippen LogP) is 5.10. The molecule has 1 atom stereocenters. The Morgan fingerprint density at radius 3 is 2.67 bits per heavy atom. The second-order valence-electron chi connectivity index (χ2n) is 5.35. The summed E-state index contributed by atoms with van der Waals surface area (Å²) in [6.45, 7) is 7.27. The Balaban J connectivity index is 2.32. The van der Waals surface area contributed by atoms with Crippen molar-refractivity contribution in [3.8, 4) is 0 Å². The van der Waals surface area contributed by atoms with Crippen LogP contribution in [0.15, 0.2) is 28.7 Å². The smallest absolute Gasteiger partial charge is 0.0766 e. The average Bonchev–Trinajstić information content (AvgIpc) is 2.80. The largest absolute Gasteiger partial charge is 0.268 e. The molecule has 2 nitrogen and oxygen atoms in total. The molecule has 1 aromatic heterocycles. The van der Waals surface area contributed by atoms with Crippen LogP contribution in [0.5, 0.6) is 0 Å². The van der Waals surface area contributed by atoms with Crippen molar-refractivity contribution >= 4 is 27.5 Å². The number of aromatic nitrogens is 2. The zero-order chi connectivity index (χ0) is 15.4. The molecule has 1 aromatic carbocycles. The third-order valence-electron chi connectivity index (χ3n) is 3.83. The molecule has 0 aliphatic carbocycles. The van der Waals surface area contributed by atoms with Crippen LogP contribution in [0.3, 0.4) is 0 Å². The van der Waals surface area contributed by atoms with Gasteiger partial charge in [-0.25, -0.2) is 0 Å². The van der Waals surface area contributed by atoms with Gasteiger partial charge in [-0.05, 0) is 48.2 Å². The maximum absolute atomic E-state index is 6.25. The Morgan fingerprint density at radius 2 is 2.10 bits per heavy atom. The van der Waals surface area contributed by atoms with Crippen LogP contribution < -0.4 is 0 Å². The van der Waals surface area contributed by atoms with E-state index in [1.54, 1.807) is 0 Å². The molecule has 0 bridgehead atoms. The molecule has 0 N–H and O–H groups in total. The van der Waals surface area contributed by atoms with Gasteiger partial charge in [0.05, 0.1) is 15.9 Å². The number of hydrogen-bond donors (Lipinski definition) is 0. The molecule has 1 unspecified atom stereocenters. The standard InChI is InChI=1S/C17H22BrClN2/c1-4-15-17(18)16(21(5-2)20-15)10-14(11-19)13-8-6-7-12(3)9-13/h6-9,14H,4-5,10-11H2,1-3H3. The van der Waals surface area contributed by atoms with Gasteiger partial charge in [-0.15, -0.1) is 11.6 Å². The van der Waals surface area contributed by atoms with Gasteiger partial charge in [0.25, 0.3) is 0 Å². The van der Waals surface area contributed by atoms with Gasteiger partial charge in [-0.2, -0.15) is 5.10 Å². The first-order chi connectivity index (χ1) is 10.1. The Bertz CT molecular complexity index is 607. The maximum Gasteiger partial charge on any atom is 0.0766 e. The highest BCUT2D eigenvalue weighted by Crippen LogP contribution is 2.29. The van der Waals surface area contributed by atoms with Crippen LogP contribution in [0.4, 0.5) is 0 Å². The van der Waals surface area contributed by atoms with Crippen molar-refractivity contribution in [3.63, 3.8) is 0 Å². The van der Waals surface area contributed by atoms with Gasteiger partial charge in [-0.1, -0.05) is 36.8 Å². The van der Waals surface area contributed by atoms with Gasteiger partial charge in [-0.3, -0.25) is 4.68 Å². The molecule has 21 heavy (non-hydrogen) atoms. The number of halogens is 2. The molecule has 0 amide bonds. The van der Waals surface area contributed by atoms with Gasteiger partial charge in [0, 0.05) is 18.3 Å². The summed E-state index contributed by atoms with van der Waals surface area (Å²) in [5.41, 5.74) is 4.96. The molecular formula is C17H22BrClN2. The normalized spacial score (nSPS) is 12.6. The number of nitrogens with zero attached hydrogens (tertiary/aromatic N) is 2. The lowest BCUT2D eigenvalue weighted by molar-refractivity contribution is 0.592. The highest BCUT2D eigenvalue weighted by Gasteiger charge is 2.19. The summed E-state index contributed by atoms with van der Waals surface area (Å²) >= 11 is 9.97. The molecule has 2 aromatic rings. The lowest BCUT2D eigenvalue weighted by Gasteiger charge is -2.16. The maximum atomic E-state index is 6.25. The fourth-order valence-electron chi connectivity index (χ4n) is 2.63. The summed E-state index contributed by atoms with van der Waals surface area (Å²) in [5.74, 6) is 0.932. The topological polar surface area (TPSA) is 17.8 Å².